The fourth-order valence-electron chi connectivity index (χ4n) is 3.79. The zero-order chi connectivity index (χ0) is 24.1. The van der Waals surface area contributed by atoms with Crippen molar-refractivity contribution in [1.82, 2.24) is 14.2 Å². The van der Waals surface area contributed by atoms with E-state index in [-0.39, 0.29) is 17.4 Å². The van der Waals surface area contributed by atoms with Gasteiger partial charge in [-0.05, 0) is 54.6 Å². The largest absolute Gasteiger partial charge is 0.395 e. The Morgan fingerprint density at radius 2 is 1.76 bits per heavy atom. The van der Waals surface area contributed by atoms with Gasteiger partial charge in [-0.1, -0.05) is 17.7 Å². The smallest absolute Gasteiger partial charge is 0.255 e. The van der Waals surface area contributed by atoms with Crippen LogP contribution in [-0.2, 0) is 10.0 Å². The number of hydrogen-bond donors (Lipinski definition) is 2. The summed E-state index contributed by atoms with van der Waals surface area (Å²) in [6, 6.07) is 16.5. The van der Waals surface area contributed by atoms with E-state index in [2.05, 4.69) is 10.3 Å². The van der Waals surface area contributed by atoms with Gasteiger partial charge >= 0.3 is 0 Å². The Hall–Kier alpha value is -2.82. The summed E-state index contributed by atoms with van der Waals surface area (Å²) in [6.45, 7) is 2.45. The van der Waals surface area contributed by atoms with E-state index in [1.165, 1.54) is 28.6 Å². The van der Waals surface area contributed by atoms with Gasteiger partial charge in [-0.15, -0.1) is 0 Å². The number of β-amino-alcohol motifs (C(OH)–C–C–N with tert-alkyl or cyclic N) is 1. The molecule has 4 rings (SSSR count). The van der Waals surface area contributed by atoms with Gasteiger partial charge in [0.2, 0.25) is 10.0 Å². The van der Waals surface area contributed by atoms with Crippen molar-refractivity contribution in [2.24, 2.45) is 0 Å². The van der Waals surface area contributed by atoms with E-state index < -0.39 is 10.0 Å². The Morgan fingerprint density at radius 1 is 1.03 bits per heavy atom. The molecule has 0 spiro atoms. The molecule has 1 saturated heterocycles. The number of aliphatic hydroxyl groups is 1. The number of piperazine rings is 1. The third kappa shape index (κ3) is 5.45. The number of carbonyl (C=O) groups is 1. The standard InChI is InChI=1S/C24H25ClN4O4S/c25-22-9-6-19(17-21(22)23-3-1-2-10-26-23)27-24(31)18-4-7-20(8-5-18)34(32,33)29-13-11-28(12-14-29)15-16-30/h1-10,17,30H,11-16H2,(H,27,31). The number of aromatic nitrogens is 1. The van der Waals surface area contributed by atoms with Crippen LogP contribution in [0, 0.1) is 0 Å². The number of amides is 1. The van der Waals surface area contributed by atoms with Gasteiger partial charge in [-0.25, -0.2) is 8.42 Å². The molecule has 1 fully saturated rings. The van der Waals surface area contributed by atoms with Crippen LogP contribution in [-0.4, -0.2) is 73.0 Å². The molecule has 0 bridgehead atoms. The minimum absolute atomic E-state index is 0.0523. The van der Waals surface area contributed by atoms with Gasteiger partial charge in [0.15, 0.2) is 0 Å². The van der Waals surface area contributed by atoms with E-state index in [4.69, 9.17) is 16.7 Å². The average Bonchev–Trinajstić information content (AvgIpc) is 2.86. The first-order valence-corrected chi connectivity index (χ1v) is 12.7. The molecule has 0 atom stereocenters. The van der Waals surface area contributed by atoms with Crippen molar-refractivity contribution in [1.29, 1.82) is 0 Å². The lowest BCUT2D eigenvalue weighted by Gasteiger charge is -2.33. The molecule has 1 aromatic heterocycles. The Balaban J connectivity index is 1.45. The quantitative estimate of drug-likeness (QED) is 0.517. The lowest BCUT2D eigenvalue weighted by molar-refractivity contribution is 0.102. The third-order valence-electron chi connectivity index (χ3n) is 5.67. The van der Waals surface area contributed by atoms with Crippen LogP contribution in [0.25, 0.3) is 11.3 Å². The maximum absolute atomic E-state index is 13.0. The summed E-state index contributed by atoms with van der Waals surface area (Å²) in [7, 11) is -3.65. The maximum Gasteiger partial charge on any atom is 0.255 e. The number of nitrogens with zero attached hydrogens (tertiary/aromatic N) is 3. The molecule has 1 amide bonds. The van der Waals surface area contributed by atoms with Gasteiger partial charge in [-0.2, -0.15) is 4.31 Å². The van der Waals surface area contributed by atoms with Crippen LogP contribution in [0.4, 0.5) is 5.69 Å². The van der Waals surface area contributed by atoms with Crippen molar-refractivity contribution in [2.45, 2.75) is 4.90 Å². The minimum atomic E-state index is -3.65. The van der Waals surface area contributed by atoms with Crippen LogP contribution >= 0.6 is 11.6 Å². The highest BCUT2D eigenvalue weighted by Crippen LogP contribution is 2.29. The minimum Gasteiger partial charge on any atom is -0.395 e. The van der Waals surface area contributed by atoms with Crippen LogP contribution in [0.15, 0.2) is 71.8 Å². The highest BCUT2D eigenvalue weighted by molar-refractivity contribution is 7.89. The maximum atomic E-state index is 13.0. The second kappa shape index (κ2) is 10.6. The van der Waals surface area contributed by atoms with Gasteiger partial charge < -0.3 is 10.4 Å². The molecule has 8 nitrogen and oxygen atoms in total. The molecule has 0 unspecified atom stereocenters. The average molecular weight is 501 g/mol. The number of halogens is 1. The number of sulfonamides is 1. The number of rotatable bonds is 7. The SMILES string of the molecule is O=C(Nc1ccc(Cl)c(-c2ccccn2)c1)c1ccc(S(=O)(=O)N2CCN(CCO)CC2)cc1. The summed E-state index contributed by atoms with van der Waals surface area (Å²) in [5.74, 6) is -0.365. The molecule has 2 N–H and O–H groups in total. The molecule has 0 aliphatic carbocycles. The van der Waals surface area contributed by atoms with Crippen molar-refractivity contribution in [3.63, 3.8) is 0 Å². The Bertz CT molecular complexity index is 1250. The Morgan fingerprint density at radius 3 is 2.41 bits per heavy atom. The van der Waals surface area contributed by atoms with Crippen molar-refractivity contribution < 1.29 is 18.3 Å². The number of nitrogens with one attached hydrogen (secondary N) is 1. The summed E-state index contributed by atoms with van der Waals surface area (Å²) in [6.07, 6.45) is 1.67. The number of benzene rings is 2. The molecule has 1 aliphatic heterocycles. The zero-order valence-corrected chi connectivity index (χ0v) is 20.0. The Kier molecular flexibility index (Phi) is 7.60. The molecule has 2 aromatic carbocycles. The van der Waals surface area contributed by atoms with Crippen molar-refractivity contribution in [3.8, 4) is 11.3 Å². The van der Waals surface area contributed by atoms with Crippen LogP contribution in [0.2, 0.25) is 5.02 Å². The van der Waals surface area contributed by atoms with E-state index in [1.807, 2.05) is 23.1 Å². The predicted molar refractivity (Wildman–Crippen MR) is 131 cm³/mol. The lowest BCUT2D eigenvalue weighted by atomic mass is 10.1. The molecule has 0 saturated carbocycles. The third-order valence-corrected chi connectivity index (χ3v) is 7.91. The second-order valence-electron chi connectivity index (χ2n) is 7.86. The van der Waals surface area contributed by atoms with E-state index in [0.717, 1.165) is 0 Å². The number of carbonyl (C=O) groups excluding carboxylic acids is 1. The first-order chi connectivity index (χ1) is 16.4. The molecular weight excluding hydrogens is 476 g/mol. The monoisotopic (exact) mass is 500 g/mol. The normalized spacial score (nSPS) is 15.2. The van der Waals surface area contributed by atoms with Crippen LogP contribution in [0.3, 0.4) is 0 Å². The van der Waals surface area contributed by atoms with Gasteiger partial charge in [-0.3, -0.25) is 14.7 Å². The number of hydrogen-bond acceptors (Lipinski definition) is 6. The molecular formula is C24H25ClN4O4S. The van der Waals surface area contributed by atoms with Gasteiger partial charge in [0.25, 0.3) is 5.91 Å². The van der Waals surface area contributed by atoms with Crippen molar-refractivity contribution in [2.75, 3.05) is 44.6 Å². The topological polar surface area (TPSA) is 103 Å². The second-order valence-corrected chi connectivity index (χ2v) is 10.2. The molecule has 10 heteroatoms. The van der Waals surface area contributed by atoms with E-state index in [1.54, 1.807) is 24.4 Å². The Labute approximate surface area is 203 Å². The fourth-order valence-corrected chi connectivity index (χ4v) is 5.42. The highest BCUT2D eigenvalue weighted by Gasteiger charge is 2.28. The van der Waals surface area contributed by atoms with Crippen LogP contribution in [0.5, 0.6) is 0 Å². The molecule has 34 heavy (non-hydrogen) atoms. The van der Waals surface area contributed by atoms with Crippen LogP contribution in [0.1, 0.15) is 10.4 Å². The number of anilines is 1. The molecule has 0 radical (unpaired) electrons. The van der Waals surface area contributed by atoms with Gasteiger partial charge in [0.05, 0.1) is 22.2 Å². The highest BCUT2D eigenvalue weighted by atomic mass is 35.5. The summed E-state index contributed by atoms with van der Waals surface area (Å²) in [5.41, 5.74) is 2.27. The predicted octanol–water partition coefficient (Wildman–Crippen LogP) is 2.95. The first-order valence-electron chi connectivity index (χ1n) is 10.8. The summed E-state index contributed by atoms with van der Waals surface area (Å²) in [5, 5.41) is 12.4. The molecule has 1 aliphatic rings. The zero-order valence-electron chi connectivity index (χ0n) is 18.4. The van der Waals surface area contributed by atoms with Crippen LogP contribution < -0.4 is 5.32 Å². The number of aliphatic hydroxyl groups excluding tert-OH is 1. The van der Waals surface area contributed by atoms with E-state index in [0.29, 0.717) is 60.3 Å². The van der Waals surface area contributed by atoms with Gasteiger partial charge in [0.1, 0.15) is 0 Å². The number of pyridine rings is 1. The summed E-state index contributed by atoms with van der Waals surface area (Å²) in [4.78, 5) is 19.2. The molecule has 2 heterocycles. The fraction of sp³-hybridized carbons (Fsp3) is 0.250. The van der Waals surface area contributed by atoms with E-state index >= 15 is 0 Å². The summed E-state index contributed by atoms with van der Waals surface area (Å²) < 4.78 is 27.4. The lowest BCUT2D eigenvalue weighted by Crippen LogP contribution is -2.49. The van der Waals surface area contributed by atoms with E-state index in [9.17, 15) is 13.2 Å². The molecule has 3 aromatic rings. The first kappa shape index (κ1) is 24.3. The summed E-state index contributed by atoms with van der Waals surface area (Å²) >= 11 is 6.30. The van der Waals surface area contributed by atoms with Crippen molar-refractivity contribution in [3.05, 3.63) is 77.4 Å². The molecule has 178 valence electrons. The van der Waals surface area contributed by atoms with Crippen molar-refractivity contribution >= 4 is 33.2 Å². The van der Waals surface area contributed by atoms with Gasteiger partial charge in [0, 0.05) is 55.7 Å².